The molecular weight excluding hydrogens is 406 g/mol. The highest BCUT2D eigenvalue weighted by atomic mass is 32.2. The van der Waals surface area contributed by atoms with Crippen molar-refractivity contribution in [2.24, 2.45) is 0 Å². The second-order valence-corrected chi connectivity index (χ2v) is 8.77. The van der Waals surface area contributed by atoms with Gasteiger partial charge in [-0.1, -0.05) is 60.3 Å². The van der Waals surface area contributed by atoms with Crippen LogP contribution in [0.3, 0.4) is 0 Å². The molecule has 152 valence electrons. The van der Waals surface area contributed by atoms with Crippen LogP contribution in [0.1, 0.15) is 30.1 Å². The highest BCUT2D eigenvalue weighted by Gasteiger charge is 2.31. The van der Waals surface area contributed by atoms with Gasteiger partial charge in [0.15, 0.2) is 5.16 Å². The lowest BCUT2D eigenvalue weighted by Crippen LogP contribution is -2.03. The van der Waals surface area contributed by atoms with Gasteiger partial charge in [0.2, 0.25) is 0 Å². The molecular formula is C25H19N3O2S. The number of rotatable bonds is 5. The Morgan fingerprint density at radius 3 is 2.61 bits per heavy atom. The van der Waals surface area contributed by atoms with Crippen LogP contribution in [0.15, 0.2) is 87.2 Å². The monoisotopic (exact) mass is 425 g/mol. The molecule has 0 radical (unpaired) electrons. The highest BCUT2D eigenvalue weighted by molar-refractivity contribution is 7.98. The third-order valence-electron chi connectivity index (χ3n) is 5.69. The molecule has 0 bridgehead atoms. The van der Waals surface area contributed by atoms with Crippen LogP contribution in [0.25, 0.3) is 27.4 Å². The maximum Gasteiger partial charge on any atom is 0.336 e. The van der Waals surface area contributed by atoms with Crippen LogP contribution in [-0.2, 0) is 5.75 Å². The summed E-state index contributed by atoms with van der Waals surface area (Å²) in [7, 11) is 0. The van der Waals surface area contributed by atoms with E-state index in [9.17, 15) is 4.79 Å². The molecule has 1 aliphatic rings. The van der Waals surface area contributed by atoms with E-state index in [2.05, 4.69) is 39.0 Å². The van der Waals surface area contributed by atoms with E-state index in [1.165, 1.54) is 0 Å². The lowest BCUT2D eigenvalue weighted by Gasteiger charge is -2.11. The molecule has 2 aromatic heterocycles. The summed E-state index contributed by atoms with van der Waals surface area (Å²) >= 11 is 1.60. The number of fused-ring (bicyclic) bond motifs is 3. The number of aromatic nitrogens is 3. The molecule has 3 aromatic carbocycles. The molecule has 31 heavy (non-hydrogen) atoms. The molecule has 0 spiro atoms. The minimum atomic E-state index is -0.332. The van der Waals surface area contributed by atoms with Crippen molar-refractivity contribution in [2.45, 2.75) is 29.7 Å². The van der Waals surface area contributed by atoms with E-state index in [1.807, 2.05) is 42.5 Å². The Morgan fingerprint density at radius 1 is 0.968 bits per heavy atom. The molecule has 0 N–H and O–H groups in total. The summed E-state index contributed by atoms with van der Waals surface area (Å²) in [4.78, 5) is 12.2. The standard InChI is InChI=1S/C25H19N3O2S/c29-22-14-18(23-20-9-5-4-6-16(20)12-13-21(23)30-22)15-31-25-27-26-24(17-10-11-17)28(25)19-7-2-1-3-8-19/h1-9,12-14,17H,10-11,15H2. The zero-order valence-corrected chi connectivity index (χ0v) is 17.5. The zero-order valence-electron chi connectivity index (χ0n) is 16.7. The van der Waals surface area contributed by atoms with E-state index in [-0.39, 0.29) is 5.63 Å². The molecule has 1 aliphatic carbocycles. The number of benzene rings is 3. The van der Waals surface area contributed by atoms with E-state index in [4.69, 9.17) is 4.42 Å². The Morgan fingerprint density at radius 2 is 1.77 bits per heavy atom. The van der Waals surface area contributed by atoms with Gasteiger partial charge in [0.05, 0.1) is 0 Å². The van der Waals surface area contributed by atoms with E-state index in [0.29, 0.717) is 17.3 Å². The average molecular weight is 426 g/mol. The number of para-hydroxylation sites is 1. The predicted molar refractivity (Wildman–Crippen MR) is 123 cm³/mol. The van der Waals surface area contributed by atoms with Crippen LogP contribution in [-0.4, -0.2) is 14.8 Å². The van der Waals surface area contributed by atoms with Gasteiger partial charge in [-0.2, -0.15) is 0 Å². The van der Waals surface area contributed by atoms with Crippen LogP contribution in [0.5, 0.6) is 0 Å². The smallest absolute Gasteiger partial charge is 0.336 e. The van der Waals surface area contributed by atoms with E-state index in [1.54, 1.807) is 17.8 Å². The normalized spacial score (nSPS) is 13.8. The average Bonchev–Trinajstić information content (AvgIpc) is 3.56. The number of thioether (sulfide) groups is 1. The molecule has 5 nitrogen and oxygen atoms in total. The van der Waals surface area contributed by atoms with Gasteiger partial charge in [0.25, 0.3) is 0 Å². The molecule has 2 heterocycles. The fraction of sp³-hybridized carbons (Fsp3) is 0.160. The van der Waals surface area contributed by atoms with Crippen LogP contribution in [0.4, 0.5) is 0 Å². The lowest BCUT2D eigenvalue weighted by atomic mass is 10.0. The first-order chi connectivity index (χ1) is 15.3. The Hall–Kier alpha value is -3.38. The van der Waals surface area contributed by atoms with Gasteiger partial charge >= 0.3 is 5.63 Å². The predicted octanol–water partition coefficient (Wildman–Crippen LogP) is 5.70. The first-order valence-corrected chi connectivity index (χ1v) is 11.3. The topological polar surface area (TPSA) is 60.9 Å². The zero-order chi connectivity index (χ0) is 20.8. The maximum absolute atomic E-state index is 12.2. The van der Waals surface area contributed by atoms with E-state index in [0.717, 1.165) is 51.2 Å². The summed E-state index contributed by atoms with van der Waals surface area (Å²) in [6, 6.07) is 23.9. The third kappa shape index (κ3) is 3.33. The molecule has 1 fully saturated rings. The summed E-state index contributed by atoms with van der Waals surface area (Å²) in [6.07, 6.45) is 2.32. The first-order valence-electron chi connectivity index (χ1n) is 10.4. The summed E-state index contributed by atoms with van der Waals surface area (Å²) in [5.41, 5.74) is 2.30. The van der Waals surface area contributed by atoms with Crippen molar-refractivity contribution in [3.63, 3.8) is 0 Å². The molecule has 0 atom stereocenters. The Balaban J connectivity index is 1.44. The summed E-state index contributed by atoms with van der Waals surface area (Å²) in [5.74, 6) is 2.11. The van der Waals surface area contributed by atoms with Crippen molar-refractivity contribution in [3.05, 3.63) is 94.6 Å². The van der Waals surface area contributed by atoms with E-state index >= 15 is 0 Å². The van der Waals surface area contributed by atoms with Crippen molar-refractivity contribution < 1.29 is 4.42 Å². The van der Waals surface area contributed by atoms with Crippen LogP contribution < -0.4 is 5.63 Å². The minimum absolute atomic E-state index is 0.332. The Bertz CT molecular complexity index is 1470. The van der Waals surface area contributed by atoms with Crippen molar-refractivity contribution >= 4 is 33.5 Å². The minimum Gasteiger partial charge on any atom is -0.423 e. The van der Waals surface area contributed by atoms with Gasteiger partial charge in [-0.3, -0.25) is 4.57 Å². The van der Waals surface area contributed by atoms with Crippen molar-refractivity contribution in [2.75, 3.05) is 0 Å². The summed E-state index contributed by atoms with van der Waals surface area (Å²) in [5, 5.41) is 13.1. The van der Waals surface area contributed by atoms with Crippen LogP contribution in [0, 0.1) is 0 Å². The highest BCUT2D eigenvalue weighted by Crippen LogP contribution is 2.41. The molecule has 0 saturated heterocycles. The maximum atomic E-state index is 12.2. The Labute approximate surface area is 182 Å². The SMILES string of the molecule is O=c1cc(CSc2nnc(C3CC3)n2-c2ccccc2)c2c(ccc3ccccc32)o1. The summed E-state index contributed by atoms with van der Waals surface area (Å²) in [6.45, 7) is 0. The first kappa shape index (κ1) is 18.4. The molecule has 0 unspecified atom stereocenters. The van der Waals surface area contributed by atoms with Crippen molar-refractivity contribution in [3.8, 4) is 5.69 Å². The summed E-state index contributed by atoms with van der Waals surface area (Å²) < 4.78 is 7.66. The van der Waals surface area contributed by atoms with Gasteiger partial charge in [-0.25, -0.2) is 4.79 Å². The molecule has 6 rings (SSSR count). The Kier molecular flexibility index (Phi) is 4.39. The van der Waals surface area contributed by atoms with Gasteiger partial charge in [-0.15, -0.1) is 10.2 Å². The number of hydrogen-bond donors (Lipinski definition) is 0. The van der Waals surface area contributed by atoms with Gasteiger partial charge in [0.1, 0.15) is 11.4 Å². The van der Waals surface area contributed by atoms with Crippen molar-refractivity contribution in [1.82, 2.24) is 14.8 Å². The fourth-order valence-corrected chi connectivity index (χ4v) is 5.02. The molecule has 6 heteroatoms. The van der Waals surface area contributed by atoms with Crippen LogP contribution >= 0.6 is 11.8 Å². The third-order valence-corrected chi connectivity index (χ3v) is 6.66. The second kappa shape index (κ2) is 7.39. The van der Waals surface area contributed by atoms with Gasteiger partial charge < -0.3 is 4.42 Å². The second-order valence-electron chi connectivity index (χ2n) is 7.83. The lowest BCUT2D eigenvalue weighted by molar-refractivity contribution is 0.560. The van der Waals surface area contributed by atoms with Gasteiger partial charge in [-0.05, 0) is 47.4 Å². The van der Waals surface area contributed by atoms with E-state index < -0.39 is 0 Å². The quantitative estimate of drug-likeness (QED) is 0.205. The van der Waals surface area contributed by atoms with Crippen molar-refractivity contribution in [1.29, 1.82) is 0 Å². The number of hydrogen-bond acceptors (Lipinski definition) is 5. The van der Waals surface area contributed by atoms with Crippen LogP contribution in [0.2, 0.25) is 0 Å². The number of nitrogens with zero attached hydrogens (tertiary/aromatic N) is 3. The molecule has 1 saturated carbocycles. The molecule has 5 aromatic rings. The van der Waals surface area contributed by atoms with Gasteiger partial charge in [0, 0.05) is 28.8 Å². The largest absolute Gasteiger partial charge is 0.423 e. The fourth-order valence-electron chi connectivity index (χ4n) is 4.08. The molecule has 0 aliphatic heterocycles. The molecule has 0 amide bonds.